The smallest absolute Gasteiger partial charge is 0.174 e. The largest absolute Gasteiger partial charge is 0.478 e. The van der Waals surface area contributed by atoms with Gasteiger partial charge in [-0.25, -0.2) is 0 Å². The SMILES string of the molecule is CCC(N)Cc1cc(C)ccc1OCC#N. The van der Waals surface area contributed by atoms with Gasteiger partial charge in [0, 0.05) is 6.04 Å². The van der Waals surface area contributed by atoms with Gasteiger partial charge in [0.2, 0.25) is 0 Å². The lowest BCUT2D eigenvalue weighted by Gasteiger charge is -2.13. The summed E-state index contributed by atoms with van der Waals surface area (Å²) in [7, 11) is 0. The lowest BCUT2D eigenvalue weighted by Crippen LogP contribution is -2.21. The van der Waals surface area contributed by atoms with E-state index >= 15 is 0 Å². The average molecular weight is 218 g/mol. The van der Waals surface area contributed by atoms with Gasteiger partial charge >= 0.3 is 0 Å². The van der Waals surface area contributed by atoms with Crippen LogP contribution >= 0.6 is 0 Å². The Kier molecular flexibility index (Phi) is 4.81. The standard InChI is InChI=1S/C13H18N2O/c1-3-12(15)9-11-8-10(2)4-5-13(11)16-7-6-14/h4-5,8,12H,3,7,9,15H2,1-2H3. The Labute approximate surface area is 96.8 Å². The Hall–Kier alpha value is -1.53. The van der Waals surface area contributed by atoms with Crippen molar-refractivity contribution in [1.82, 2.24) is 0 Å². The van der Waals surface area contributed by atoms with Crippen LogP contribution < -0.4 is 10.5 Å². The number of nitrogens with zero attached hydrogens (tertiary/aromatic N) is 1. The summed E-state index contributed by atoms with van der Waals surface area (Å²) in [5, 5.41) is 8.50. The van der Waals surface area contributed by atoms with Crippen LogP contribution in [0.3, 0.4) is 0 Å². The summed E-state index contributed by atoms with van der Waals surface area (Å²) in [6.07, 6.45) is 1.73. The molecule has 1 aromatic rings. The monoisotopic (exact) mass is 218 g/mol. The summed E-state index contributed by atoms with van der Waals surface area (Å²) >= 11 is 0. The van der Waals surface area contributed by atoms with Crippen molar-refractivity contribution in [2.24, 2.45) is 5.73 Å². The van der Waals surface area contributed by atoms with Crippen LogP contribution in [0.15, 0.2) is 18.2 Å². The highest BCUT2D eigenvalue weighted by atomic mass is 16.5. The number of aryl methyl sites for hydroxylation is 1. The molecule has 0 aliphatic heterocycles. The maximum absolute atomic E-state index is 8.50. The Morgan fingerprint density at radius 2 is 2.25 bits per heavy atom. The van der Waals surface area contributed by atoms with Crippen molar-refractivity contribution < 1.29 is 4.74 Å². The van der Waals surface area contributed by atoms with Gasteiger partial charge in [-0.2, -0.15) is 5.26 Å². The molecule has 0 aromatic heterocycles. The first kappa shape index (κ1) is 12.5. The fourth-order valence-electron chi connectivity index (χ4n) is 1.55. The third-order valence-electron chi connectivity index (χ3n) is 2.51. The second-order valence-corrected chi connectivity index (χ2v) is 3.93. The van der Waals surface area contributed by atoms with Crippen LogP contribution in [0, 0.1) is 18.3 Å². The number of benzene rings is 1. The van der Waals surface area contributed by atoms with Crippen LogP contribution in [0.5, 0.6) is 5.75 Å². The molecule has 1 unspecified atom stereocenters. The quantitative estimate of drug-likeness (QED) is 0.824. The van der Waals surface area contributed by atoms with Crippen LogP contribution in [0.1, 0.15) is 24.5 Å². The fraction of sp³-hybridized carbons (Fsp3) is 0.462. The van der Waals surface area contributed by atoms with Crippen LogP contribution in [-0.2, 0) is 6.42 Å². The van der Waals surface area contributed by atoms with Crippen LogP contribution in [0.2, 0.25) is 0 Å². The van der Waals surface area contributed by atoms with Crippen molar-refractivity contribution in [2.75, 3.05) is 6.61 Å². The minimum atomic E-state index is 0.0808. The van der Waals surface area contributed by atoms with Gasteiger partial charge in [-0.15, -0.1) is 0 Å². The topological polar surface area (TPSA) is 59.0 Å². The third kappa shape index (κ3) is 3.56. The van der Waals surface area contributed by atoms with Gasteiger partial charge in [0.25, 0.3) is 0 Å². The highest BCUT2D eigenvalue weighted by Gasteiger charge is 2.08. The minimum Gasteiger partial charge on any atom is -0.478 e. The lowest BCUT2D eigenvalue weighted by molar-refractivity contribution is 0.362. The first-order valence-corrected chi connectivity index (χ1v) is 5.52. The molecule has 1 rings (SSSR count). The molecule has 3 heteroatoms. The molecule has 0 saturated heterocycles. The molecule has 0 radical (unpaired) electrons. The zero-order chi connectivity index (χ0) is 12.0. The Morgan fingerprint density at radius 1 is 1.50 bits per heavy atom. The predicted octanol–water partition coefficient (Wildman–Crippen LogP) is 2.18. The molecule has 3 nitrogen and oxygen atoms in total. The molecule has 0 bridgehead atoms. The molecule has 2 N–H and O–H groups in total. The van der Waals surface area contributed by atoms with E-state index in [1.54, 1.807) is 0 Å². The summed E-state index contributed by atoms with van der Waals surface area (Å²) < 4.78 is 5.37. The van der Waals surface area contributed by atoms with Gasteiger partial charge in [0.05, 0.1) is 0 Å². The summed E-state index contributed by atoms with van der Waals surface area (Å²) in [6.45, 7) is 4.18. The molecule has 0 saturated carbocycles. The number of nitrogens with two attached hydrogens (primary N) is 1. The normalized spacial score (nSPS) is 11.9. The fourth-order valence-corrected chi connectivity index (χ4v) is 1.55. The van der Waals surface area contributed by atoms with Crippen LogP contribution in [0.25, 0.3) is 0 Å². The molecular formula is C13H18N2O. The zero-order valence-electron chi connectivity index (χ0n) is 9.86. The Morgan fingerprint density at radius 3 is 2.88 bits per heavy atom. The van der Waals surface area contributed by atoms with Gasteiger partial charge in [-0.1, -0.05) is 24.6 Å². The lowest BCUT2D eigenvalue weighted by atomic mass is 10.0. The van der Waals surface area contributed by atoms with Gasteiger partial charge in [-0.3, -0.25) is 0 Å². The number of hydrogen-bond acceptors (Lipinski definition) is 3. The number of ether oxygens (including phenoxy) is 1. The van der Waals surface area contributed by atoms with E-state index in [0.29, 0.717) is 0 Å². The molecule has 0 aliphatic rings. The van der Waals surface area contributed by atoms with Gasteiger partial charge in [-0.05, 0) is 31.4 Å². The number of rotatable bonds is 5. The highest BCUT2D eigenvalue weighted by molar-refractivity contribution is 5.37. The summed E-state index contributed by atoms with van der Waals surface area (Å²) in [5.41, 5.74) is 8.20. The first-order valence-electron chi connectivity index (χ1n) is 5.52. The molecule has 1 aromatic carbocycles. The maximum Gasteiger partial charge on any atom is 0.174 e. The van der Waals surface area contributed by atoms with Crippen molar-refractivity contribution in [1.29, 1.82) is 5.26 Å². The Balaban J connectivity index is 2.85. The van der Waals surface area contributed by atoms with E-state index in [2.05, 4.69) is 13.0 Å². The minimum absolute atomic E-state index is 0.0808. The van der Waals surface area contributed by atoms with E-state index in [4.69, 9.17) is 15.7 Å². The molecule has 0 aliphatic carbocycles. The zero-order valence-corrected chi connectivity index (χ0v) is 9.86. The Bertz CT molecular complexity index is 382. The van der Waals surface area contributed by atoms with E-state index in [9.17, 15) is 0 Å². The van der Waals surface area contributed by atoms with Gasteiger partial charge in [0.15, 0.2) is 6.61 Å². The summed E-state index contributed by atoms with van der Waals surface area (Å²) in [6, 6.07) is 8.08. The molecule has 86 valence electrons. The molecule has 0 amide bonds. The molecule has 0 fully saturated rings. The van der Waals surface area contributed by atoms with Crippen molar-refractivity contribution in [3.8, 4) is 11.8 Å². The average Bonchev–Trinajstić information content (AvgIpc) is 2.28. The van der Waals surface area contributed by atoms with Crippen molar-refractivity contribution >= 4 is 0 Å². The van der Waals surface area contributed by atoms with E-state index in [1.807, 2.05) is 25.1 Å². The molecule has 16 heavy (non-hydrogen) atoms. The van der Waals surface area contributed by atoms with E-state index in [-0.39, 0.29) is 12.6 Å². The number of hydrogen-bond donors (Lipinski definition) is 1. The molecule has 1 atom stereocenters. The summed E-state index contributed by atoms with van der Waals surface area (Å²) in [5.74, 6) is 0.774. The van der Waals surface area contributed by atoms with E-state index in [1.165, 1.54) is 5.56 Å². The molecule has 0 heterocycles. The second-order valence-electron chi connectivity index (χ2n) is 3.93. The van der Waals surface area contributed by atoms with Gasteiger partial charge < -0.3 is 10.5 Å². The van der Waals surface area contributed by atoms with Crippen molar-refractivity contribution in [2.45, 2.75) is 32.7 Å². The van der Waals surface area contributed by atoms with Crippen molar-refractivity contribution in [3.63, 3.8) is 0 Å². The maximum atomic E-state index is 8.50. The molecular weight excluding hydrogens is 200 g/mol. The second kappa shape index (κ2) is 6.14. The predicted molar refractivity (Wildman–Crippen MR) is 64.3 cm³/mol. The van der Waals surface area contributed by atoms with E-state index in [0.717, 1.165) is 24.2 Å². The first-order chi connectivity index (χ1) is 7.67. The van der Waals surface area contributed by atoms with Crippen LogP contribution in [-0.4, -0.2) is 12.6 Å². The molecule has 0 spiro atoms. The van der Waals surface area contributed by atoms with Crippen molar-refractivity contribution in [3.05, 3.63) is 29.3 Å². The van der Waals surface area contributed by atoms with E-state index < -0.39 is 0 Å². The summed E-state index contributed by atoms with van der Waals surface area (Å²) in [4.78, 5) is 0. The van der Waals surface area contributed by atoms with Crippen LogP contribution in [0.4, 0.5) is 0 Å². The third-order valence-corrected chi connectivity index (χ3v) is 2.51. The highest BCUT2D eigenvalue weighted by Crippen LogP contribution is 2.21. The van der Waals surface area contributed by atoms with Gasteiger partial charge in [0.1, 0.15) is 11.8 Å². The number of nitriles is 1.